The van der Waals surface area contributed by atoms with Gasteiger partial charge in [0.2, 0.25) is 0 Å². The first-order chi connectivity index (χ1) is 8.65. The molecule has 0 saturated heterocycles. The molecule has 1 aromatic heterocycles. The van der Waals surface area contributed by atoms with Gasteiger partial charge in [0.05, 0.1) is 6.20 Å². The van der Waals surface area contributed by atoms with Crippen molar-refractivity contribution in [3.63, 3.8) is 0 Å². The van der Waals surface area contributed by atoms with E-state index in [9.17, 15) is 4.39 Å². The zero-order valence-corrected chi connectivity index (χ0v) is 11.7. The van der Waals surface area contributed by atoms with E-state index in [0.717, 1.165) is 29.5 Å². The standard InChI is InChI=1S/C13H15BrFN3/c1-18-9-10(7-17-18)4-5-16-8-11-2-3-12(15)6-13(11)14/h2-3,6-7,9,16H,4-5,8H2,1H3. The maximum atomic E-state index is 12.9. The smallest absolute Gasteiger partial charge is 0.124 e. The lowest BCUT2D eigenvalue weighted by atomic mass is 10.2. The molecule has 0 bridgehead atoms. The van der Waals surface area contributed by atoms with Crippen LogP contribution in [0.1, 0.15) is 11.1 Å². The molecular weight excluding hydrogens is 297 g/mol. The van der Waals surface area contributed by atoms with E-state index in [2.05, 4.69) is 26.3 Å². The van der Waals surface area contributed by atoms with Crippen molar-refractivity contribution in [3.8, 4) is 0 Å². The van der Waals surface area contributed by atoms with E-state index >= 15 is 0 Å². The number of hydrogen-bond acceptors (Lipinski definition) is 2. The number of halogens is 2. The normalized spacial score (nSPS) is 10.8. The average molecular weight is 312 g/mol. The third-order valence-corrected chi connectivity index (χ3v) is 3.42. The van der Waals surface area contributed by atoms with E-state index in [4.69, 9.17) is 0 Å². The summed E-state index contributed by atoms with van der Waals surface area (Å²) in [5, 5.41) is 7.45. The summed E-state index contributed by atoms with van der Waals surface area (Å²) in [6.07, 6.45) is 4.82. The molecule has 0 atom stereocenters. The molecule has 0 aliphatic rings. The predicted octanol–water partition coefficient (Wildman–Crippen LogP) is 2.65. The average Bonchev–Trinajstić information content (AvgIpc) is 2.73. The summed E-state index contributed by atoms with van der Waals surface area (Å²) in [6.45, 7) is 1.59. The zero-order chi connectivity index (χ0) is 13.0. The van der Waals surface area contributed by atoms with Gasteiger partial charge in [-0.25, -0.2) is 4.39 Å². The van der Waals surface area contributed by atoms with E-state index in [1.165, 1.54) is 17.7 Å². The van der Waals surface area contributed by atoms with Crippen molar-refractivity contribution in [1.29, 1.82) is 0 Å². The van der Waals surface area contributed by atoms with Gasteiger partial charge < -0.3 is 5.32 Å². The summed E-state index contributed by atoms with van der Waals surface area (Å²) >= 11 is 3.35. The summed E-state index contributed by atoms with van der Waals surface area (Å²) < 4.78 is 15.5. The molecule has 0 aliphatic carbocycles. The third-order valence-electron chi connectivity index (χ3n) is 2.68. The van der Waals surface area contributed by atoms with E-state index in [1.54, 1.807) is 10.7 Å². The molecule has 3 nitrogen and oxygen atoms in total. The first-order valence-corrected chi connectivity index (χ1v) is 6.56. The molecule has 0 fully saturated rings. The number of nitrogens with one attached hydrogen (secondary N) is 1. The lowest BCUT2D eigenvalue weighted by Gasteiger charge is -2.06. The Kier molecular flexibility index (Phi) is 4.49. The first kappa shape index (κ1) is 13.2. The van der Waals surface area contributed by atoms with Gasteiger partial charge in [0.15, 0.2) is 0 Å². The summed E-state index contributed by atoms with van der Waals surface area (Å²) in [6, 6.07) is 4.75. The Labute approximate surface area is 114 Å². The first-order valence-electron chi connectivity index (χ1n) is 5.77. The maximum absolute atomic E-state index is 12.9. The van der Waals surface area contributed by atoms with Gasteiger partial charge in [-0.1, -0.05) is 22.0 Å². The molecule has 2 rings (SSSR count). The molecule has 1 N–H and O–H groups in total. The molecule has 2 aromatic rings. The van der Waals surface area contributed by atoms with Gasteiger partial charge in [-0.05, 0) is 36.2 Å². The molecular formula is C13H15BrFN3. The highest BCUT2D eigenvalue weighted by Crippen LogP contribution is 2.17. The van der Waals surface area contributed by atoms with Crippen LogP contribution in [0.3, 0.4) is 0 Å². The molecule has 96 valence electrons. The largest absolute Gasteiger partial charge is 0.312 e. The summed E-state index contributed by atoms with van der Waals surface area (Å²) in [5.41, 5.74) is 2.27. The van der Waals surface area contributed by atoms with Gasteiger partial charge >= 0.3 is 0 Å². The molecule has 18 heavy (non-hydrogen) atoms. The lowest BCUT2D eigenvalue weighted by Crippen LogP contribution is -2.16. The number of hydrogen-bond donors (Lipinski definition) is 1. The molecule has 1 aromatic carbocycles. The maximum Gasteiger partial charge on any atom is 0.124 e. The fourth-order valence-electron chi connectivity index (χ4n) is 1.72. The van der Waals surface area contributed by atoms with Gasteiger partial charge in [-0.2, -0.15) is 5.10 Å². The Hall–Kier alpha value is -1.20. The van der Waals surface area contributed by atoms with Crippen molar-refractivity contribution < 1.29 is 4.39 Å². The van der Waals surface area contributed by atoms with Crippen LogP contribution < -0.4 is 5.32 Å². The molecule has 0 saturated carbocycles. The molecule has 0 unspecified atom stereocenters. The van der Waals surface area contributed by atoms with Crippen molar-refractivity contribution >= 4 is 15.9 Å². The minimum absolute atomic E-state index is 0.221. The minimum atomic E-state index is -0.221. The van der Waals surface area contributed by atoms with Crippen LogP contribution in [0.4, 0.5) is 4.39 Å². The molecule has 0 spiro atoms. The summed E-state index contributed by atoms with van der Waals surface area (Å²) in [7, 11) is 1.91. The van der Waals surface area contributed by atoms with E-state index in [0.29, 0.717) is 0 Å². The molecule has 1 heterocycles. The Bertz CT molecular complexity index is 525. The molecule has 0 radical (unpaired) electrons. The predicted molar refractivity (Wildman–Crippen MR) is 72.7 cm³/mol. The highest BCUT2D eigenvalue weighted by Gasteiger charge is 2.01. The Morgan fingerprint density at radius 1 is 1.44 bits per heavy atom. The lowest BCUT2D eigenvalue weighted by molar-refractivity contribution is 0.623. The summed E-state index contributed by atoms with van der Waals surface area (Å²) in [5.74, 6) is -0.221. The molecule has 0 aliphatic heterocycles. The molecule has 5 heteroatoms. The highest BCUT2D eigenvalue weighted by atomic mass is 79.9. The number of rotatable bonds is 5. The Balaban J connectivity index is 1.78. The van der Waals surface area contributed by atoms with Crippen molar-refractivity contribution in [2.24, 2.45) is 7.05 Å². The van der Waals surface area contributed by atoms with Crippen molar-refractivity contribution in [2.75, 3.05) is 6.54 Å². The van der Waals surface area contributed by atoms with E-state index in [-0.39, 0.29) is 5.82 Å². The second kappa shape index (κ2) is 6.11. The van der Waals surface area contributed by atoms with Crippen LogP contribution in [0.25, 0.3) is 0 Å². The second-order valence-corrected chi connectivity index (χ2v) is 5.04. The van der Waals surface area contributed by atoms with Gasteiger partial charge in [0.25, 0.3) is 0 Å². The van der Waals surface area contributed by atoms with Gasteiger partial charge in [0, 0.05) is 24.3 Å². The van der Waals surface area contributed by atoms with Crippen LogP contribution in [0.15, 0.2) is 35.1 Å². The highest BCUT2D eigenvalue weighted by molar-refractivity contribution is 9.10. The quantitative estimate of drug-likeness (QED) is 0.860. The zero-order valence-electron chi connectivity index (χ0n) is 10.2. The number of nitrogens with zero attached hydrogens (tertiary/aromatic N) is 2. The second-order valence-electron chi connectivity index (χ2n) is 4.18. The van der Waals surface area contributed by atoms with Crippen molar-refractivity contribution in [1.82, 2.24) is 15.1 Å². The van der Waals surface area contributed by atoms with Crippen molar-refractivity contribution in [2.45, 2.75) is 13.0 Å². The van der Waals surface area contributed by atoms with E-state index < -0.39 is 0 Å². The fraction of sp³-hybridized carbons (Fsp3) is 0.308. The minimum Gasteiger partial charge on any atom is -0.312 e. The van der Waals surface area contributed by atoms with Crippen LogP contribution in [0, 0.1) is 5.82 Å². The Morgan fingerprint density at radius 3 is 2.94 bits per heavy atom. The third kappa shape index (κ3) is 3.65. The monoisotopic (exact) mass is 311 g/mol. The van der Waals surface area contributed by atoms with Gasteiger partial charge in [-0.15, -0.1) is 0 Å². The fourth-order valence-corrected chi connectivity index (χ4v) is 2.21. The molecule has 0 amide bonds. The summed E-state index contributed by atoms with van der Waals surface area (Å²) in [4.78, 5) is 0. The van der Waals surface area contributed by atoms with Gasteiger partial charge in [0.1, 0.15) is 5.82 Å². The van der Waals surface area contributed by atoms with Crippen LogP contribution in [-0.2, 0) is 20.0 Å². The number of benzene rings is 1. The van der Waals surface area contributed by atoms with Crippen LogP contribution >= 0.6 is 15.9 Å². The van der Waals surface area contributed by atoms with Crippen LogP contribution in [0.5, 0.6) is 0 Å². The van der Waals surface area contributed by atoms with Crippen molar-refractivity contribution in [3.05, 3.63) is 52.0 Å². The van der Waals surface area contributed by atoms with Crippen LogP contribution in [0.2, 0.25) is 0 Å². The van der Waals surface area contributed by atoms with Gasteiger partial charge in [-0.3, -0.25) is 4.68 Å². The Morgan fingerprint density at radius 2 is 2.28 bits per heavy atom. The SMILES string of the molecule is Cn1cc(CCNCc2ccc(F)cc2Br)cn1. The topological polar surface area (TPSA) is 29.9 Å². The number of aryl methyl sites for hydroxylation is 1. The number of aromatic nitrogens is 2. The van der Waals surface area contributed by atoms with Crippen LogP contribution in [-0.4, -0.2) is 16.3 Å². The van der Waals surface area contributed by atoms with E-state index in [1.807, 2.05) is 19.4 Å².